The zero-order valence-corrected chi connectivity index (χ0v) is 14.0. The van der Waals surface area contributed by atoms with E-state index >= 15 is 0 Å². The average molecular weight is 321 g/mol. The maximum atomic E-state index is 8.89. The third-order valence-electron chi connectivity index (χ3n) is 4.62. The number of carbonyl (C=O) groups excluding carboxylic acids is 1. The molecule has 0 unspecified atom stereocenters. The lowest BCUT2D eigenvalue weighted by Crippen LogP contribution is -3.08. The number of nitrogens with one attached hydrogen (secondary N) is 1. The van der Waals surface area contributed by atoms with Crippen LogP contribution < -0.4 is 10.0 Å². The van der Waals surface area contributed by atoms with Gasteiger partial charge in [-0.15, -0.1) is 0 Å². The predicted octanol–water partition coefficient (Wildman–Crippen LogP) is 2.45. The van der Waals surface area contributed by atoms with E-state index in [1.807, 2.05) is 0 Å². The molecule has 0 amide bonds. The van der Waals surface area contributed by atoms with Gasteiger partial charge in [0, 0.05) is 11.4 Å². The molecular formula is C21H23NO2. The summed E-state index contributed by atoms with van der Waals surface area (Å²) in [7, 11) is 0. The fourth-order valence-electron chi connectivity index (χ4n) is 3.60. The number of hydrogen-bond donors (Lipinski definition) is 1. The lowest BCUT2D eigenvalue weighted by molar-refractivity contribution is -0.837. The highest BCUT2D eigenvalue weighted by Crippen LogP contribution is 2.28. The highest BCUT2D eigenvalue weighted by Gasteiger charge is 2.18. The summed E-state index contributed by atoms with van der Waals surface area (Å²) < 4.78 is 0. The number of carboxylic acid groups (broad SMARTS) is 1. The standard InChI is InChI=1S/C19H19N.C2H4O2/c1-4-13-20(14-5-1)19-10-6-9-17-16-8-3-2-7-15(16)11-12-18(17)19;1-2(3)4/h2-3,6-12H,1,4-5,13-14H2;1H3,(H,3,4). The lowest BCUT2D eigenvalue weighted by atomic mass is 9.99. The van der Waals surface area contributed by atoms with E-state index in [1.54, 1.807) is 4.90 Å². The van der Waals surface area contributed by atoms with Crippen molar-refractivity contribution in [2.24, 2.45) is 0 Å². The monoisotopic (exact) mass is 321 g/mol. The van der Waals surface area contributed by atoms with E-state index < -0.39 is 5.97 Å². The van der Waals surface area contributed by atoms with Crippen molar-refractivity contribution in [1.82, 2.24) is 0 Å². The number of fused-ring (bicyclic) bond motifs is 3. The zero-order valence-electron chi connectivity index (χ0n) is 14.0. The van der Waals surface area contributed by atoms with Crippen molar-refractivity contribution in [3.63, 3.8) is 0 Å². The lowest BCUT2D eigenvalue weighted by Gasteiger charge is -2.24. The van der Waals surface area contributed by atoms with Gasteiger partial charge in [-0.25, -0.2) is 0 Å². The van der Waals surface area contributed by atoms with E-state index in [2.05, 4.69) is 54.6 Å². The van der Waals surface area contributed by atoms with Gasteiger partial charge in [0.25, 0.3) is 0 Å². The summed E-state index contributed by atoms with van der Waals surface area (Å²) in [6.45, 7) is 3.54. The molecule has 124 valence electrons. The van der Waals surface area contributed by atoms with Crippen molar-refractivity contribution in [2.45, 2.75) is 26.2 Å². The third-order valence-corrected chi connectivity index (χ3v) is 4.62. The Morgan fingerprint density at radius 2 is 1.50 bits per heavy atom. The molecule has 1 saturated heterocycles. The quantitative estimate of drug-likeness (QED) is 0.700. The summed E-state index contributed by atoms with van der Waals surface area (Å²) >= 11 is 0. The summed E-state index contributed by atoms with van der Waals surface area (Å²) in [5.74, 6) is -1.08. The molecule has 1 aliphatic heterocycles. The minimum Gasteiger partial charge on any atom is -0.550 e. The molecule has 1 heterocycles. The Labute approximate surface area is 142 Å². The second-order valence-electron chi connectivity index (χ2n) is 6.34. The van der Waals surface area contributed by atoms with Crippen LogP contribution in [0.25, 0.3) is 21.5 Å². The molecule has 3 heteroatoms. The van der Waals surface area contributed by atoms with Crippen molar-refractivity contribution in [2.75, 3.05) is 13.1 Å². The van der Waals surface area contributed by atoms with Crippen LogP contribution in [0.1, 0.15) is 26.2 Å². The maximum Gasteiger partial charge on any atom is 0.139 e. The van der Waals surface area contributed by atoms with Gasteiger partial charge in [0.1, 0.15) is 5.69 Å². The van der Waals surface area contributed by atoms with Crippen LogP contribution in [0.2, 0.25) is 0 Å². The van der Waals surface area contributed by atoms with E-state index in [0.717, 1.165) is 6.92 Å². The van der Waals surface area contributed by atoms with Gasteiger partial charge < -0.3 is 14.8 Å². The topological polar surface area (TPSA) is 44.6 Å². The van der Waals surface area contributed by atoms with Crippen LogP contribution in [0.5, 0.6) is 0 Å². The molecule has 0 bridgehead atoms. The second-order valence-corrected chi connectivity index (χ2v) is 6.34. The van der Waals surface area contributed by atoms with Crippen LogP contribution in [0.4, 0.5) is 5.69 Å². The molecule has 0 radical (unpaired) electrons. The summed E-state index contributed by atoms with van der Waals surface area (Å²) in [6, 6.07) is 20.1. The molecule has 3 nitrogen and oxygen atoms in total. The fourth-order valence-corrected chi connectivity index (χ4v) is 3.60. The Morgan fingerprint density at radius 1 is 0.833 bits per heavy atom. The van der Waals surface area contributed by atoms with Crippen LogP contribution in [0.3, 0.4) is 0 Å². The van der Waals surface area contributed by atoms with Gasteiger partial charge in [0.2, 0.25) is 0 Å². The van der Waals surface area contributed by atoms with E-state index in [1.165, 1.54) is 59.6 Å². The molecule has 1 fully saturated rings. The largest absolute Gasteiger partial charge is 0.550 e. The average Bonchev–Trinajstić information content (AvgIpc) is 2.61. The van der Waals surface area contributed by atoms with Crippen LogP contribution in [-0.2, 0) is 4.79 Å². The normalized spacial score (nSPS) is 15.0. The number of piperidine rings is 1. The summed E-state index contributed by atoms with van der Waals surface area (Å²) in [4.78, 5) is 10.6. The van der Waals surface area contributed by atoms with Gasteiger partial charge in [-0.05, 0) is 54.5 Å². The molecule has 3 aromatic carbocycles. The van der Waals surface area contributed by atoms with Gasteiger partial charge in [-0.3, -0.25) is 0 Å². The van der Waals surface area contributed by atoms with E-state index in [9.17, 15) is 0 Å². The van der Waals surface area contributed by atoms with Gasteiger partial charge >= 0.3 is 0 Å². The van der Waals surface area contributed by atoms with Crippen molar-refractivity contribution in [3.05, 3.63) is 54.6 Å². The molecule has 1 aliphatic rings. The van der Waals surface area contributed by atoms with Gasteiger partial charge in [-0.2, -0.15) is 0 Å². The molecule has 0 saturated carbocycles. The number of carboxylic acids is 1. The third kappa shape index (κ3) is 3.57. The molecule has 0 atom stereocenters. The molecule has 0 spiro atoms. The van der Waals surface area contributed by atoms with Crippen LogP contribution in [0.15, 0.2) is 54.6 Å². The van der Waals surface area contributed by atoms with E-state index in [-0.39, 0.29) is 0 Å². The number of aliphatic carboxylic acids is 1. The van der Waals surface area contributed by atoms with Crippen LogP contribution >= 0.6 is 0 Å². The zero-order chi connectivity index (χ0) is 16.9. The van der Waals surface area contributed by atoms with Crippen molar-refractivity contribution in [1.29, 1.82) is 0 Å². The Hall–Kier alpha value is -2.39. The first-order valence-electron chi connectivity index (χ1n) is 8.60. The molecule has 1 N–H and O–H groups in total. The number of rotatable bonds is 1. The minimum absolute atomic E-state index is 0.972. The summed E-state index contributed by atoms with van der Waals surface area (Å²) in [5, 5.41) is 14.4. The summed E-state index contributed by atoms with van der Waals surface area (Å²) in [6.07, 6.45) is 4.12. The predicted molar refractivity (Wildman–Crippen MR) is 96.3 cm³/mol. The Balaban J connectivity index is 0.000000383. The molecule has 3 aromatic rings. The van der Waals surface area contributed by atoms with Crippen LogP contribution in [-0.4, -0.2) is 19.1 Å². The first kappa shape index (κ1) is 16.5. The highest BCUT2D eigenvalue weighted by molar-refractivity contribution is 6.10. The van der Waals surface area contributed by atoms with E-state index in [4.69, 9.17) is 9.90 Å². The fraction of sp³-hybridized carbons (Fsp3) is 0.286. The van der Waals surface area contributed by atoms with Crippen molar-refractivity contribution >= 4 is 33.2 Å². The maximum absolute atomic E-state index is 8.89. The van der Waals surface area contributed by atoms with Crippen LogP contribution in [0, 0.1) is 0 Å². The number of quaternary nitrogens is 1. The highest BCUT2D eigenvalue weighted by atomic mass is 16.4. The second kappa shape index (κ2) is 7.45. The Kier molecular flexibility index (Phi) is 5.11. The number of hydrogen-bond acceptors (Lipinski definition) is 2. The minimum atomic E-state index is -1.08. The number of benzene rings is 3. The smallest absolute Gasteiger partial charge is 0.139 e. The first-order valence-corrected chi connectivity index (χ1v) is 8.60. The Morgan fingerprint density at radius 3 is 2.25 bits per heavy atom. The van der Waals surface area contributed by atoms with Crippen molar-refractivity contribution < 1.29 is 14.8 Å². The first-order chi connectivity index (χ1) is 11.7. The molecule has 0 aromatic heterocycles. The van der Waals surface area contributed by atoms with Crippen molar-refractivity contribution in [3.8, 4) is 0 Å². The number of carbonyl (C=O) groups is 1. The molecular weight excluding hydrogens is 298 g/mol. The van der Waals surface area contributed by atoms with Gasteiger partial charge in [-0.1, -0.05) is 42.5 Å². The SMILES string of the molecule is CC(=O)[O-].c1ccc2c(c1)ccc1c([NH+]3CCCCC3)cccc12. The van der Waals surface area contributed by atoms with E-state index in [0.29, 0.717) is 0 Å². The molecule has 0 aliphatic carbocycles. The molecule has 4 rings (SSSR count). The molecule has 24 heavy (non-hydrogen) atoms. The Bertz CT molecular complexity index is 847. The van der Waals surface area contributed by atoms with Gasteiger partial charge in [0.05, 0.1) is 13.1 Å². The van der Waals surface area contributed by atoms with Gasteiger partial charge in [0.15, 0.2) is 0 Å². The summed E-state index contributed by atoms with van der Waals surface area (Å²) in [5.41, 5.74) is 1.49.